The molecular formula is C9H20ClN. The van der Waals surface area contributed by atoms with Crippen molar-refractivity contribution in [2.45, 2.75) is 51.5 Å². The molecule has 0 aromatic rings. The molecule has 0 aromatic carbocycles. The van der Waals surface area contributed by atoms with Gasteiger partial charge in [0.1, 0.15) is 0 Å². The molecule has 1 aliphatic heterocycles. The van der Waals surface area contributed by atoms with Gasteiger partial charge in [0.05, 0.1) is 0 Å². The Bertz CT molecular complexity index is 79.6. The molecule has 0 aromatic heterocycles. The predicted molar refractivity (Wildman–Crippen MR) is 52.4 cm³/mol. The number of halogens is 1. The van der Waals surface area contributed by atoms with Crippen molar-refractivity contribution in [1.82, 2.24) is 5.32 Å². The monoisotopic (exact) mass is 177 g/mol. The lowest BCUT2D eigenvalue weighted by Gasteiger charge is -2.22. The summed E-state index contributed by atoms with van der Waals surface area (Å²) in [5, 5.41) is 3.55. The SMILES string of the molecule is CCCC[C@@H]1CCCCN1.Cl. The van der Waals surface area contributed by atoms with Gasteiger partial charge in [0, 0.05) is 6.04 Å². The zero-order chi connectivity index (χ0) is 7.23. The van der Waals surface area contributed by atoms with E-state index in [1.165, 1.54) is 45.1 Å². The first-order valence-electron chi connectivity index (χ1n) is 4.67. The average Bonchev–Trinajstić information content (AvgIpc) is 2.03. The minimum Gasteiger partial charge on any atom is -0.314 e. The van der Waals surface area contributed by atoms with Crippen LogP contribution in [0.15, 0.2) is 0 Å². The summed E-state index contributed by atoms with van der Waals surface area (Å²) < 4.78 is 0. The van der Waals surface area contributed by atoms with Crippen molar-refractivity contribution >= 4 is 12.4 Å². The highest BCUT2D eigenvalue weighted by atomic mass is 35.5. The summed E-state index contributed by atoms with van der Waals surface area (Å²) in [6.45, 7) is 3.53. The Morgan fingerprint density at radius 3 is 2.73 bits per heavy atom. The minimum absolute atomic E-state index is 0. The Morgan fingerprint density at radius 2 is 2.18 bits per heavy atom. The van der Waals surface area contributed by atoms with Crippen molar-refractivity contribution in [2.24, 2.45) is 0 Å². The van der Waals surface area contributed by atoms with Crippen LogP contribution in [0.1, 0.15) is 45.4 Å². The number of piperidine rings is 1. The molecule has 11 heavy (non-hydrogen) atoms. The van der Waals surface area contributed by atoms with E-state index in [0.29, 0.717) is 0 Å². The molecule has 1 N–H and O–H groups in total. The molecule has 1 nitrogen and oxygen atoms in total. The van der Waals surface area contributed by atoms with E-state index in [0.717, 1.165) is 6.04 Å². The molecule has 1 aliphatic rings. The van der Waals surface area contributed by atoms with Crippen LogP contribution in [0.5, 0.6) is 0 Å². The van der Waals surface area contributed by atoms with Crippen molar-refractivity contribution in [3.8, 4) is 0 Å². The van der Waals surface area contributed by atoms with Crippen molar-refractivity contribution in [3.05, 3.63) is 0 Å². The van der Waals surface area contributed by atoms with E-state index in [9.17, 15) is 0 Å². The van der Waals surface area contributed by atoms with Crippen LogP contribution in [0.3, 0.4) is 0 Å². The standard InChI is InChI=1S/C9H19N.ClH/c1-2-3-6-9-7-4-5-8-10-9;/h9-10H,2-8H2,1H3;1H/t9-;/m1./s1. The quantitative estimate of drug-likeness (QED) is 0.699. The highest BCUT2D eigenvalue weighted by molar-refractivity contribution is 5.85. The second-order valence-electron chi connectivity index (χ2n) is 3.29. The van der Waals surface area contributed by atoms with Gasteiger partial charge in [-0.25, -0.2) is 0 Å². The first-order valence-corrected chi connectivity index (χ1v) is 4.67. The summed E-state index contributed by atoms with van der Waals surface area (Å²) >= 11 is 0. The third-order valence-electron chi connectivity index (χ3n) is 2.32. The zero-order valence-corrected chi connectivity index (χ0v) is 8.25. The average molecular weight is 178 g/mol. The fourth-order valence-corrected chi connectivity index (χ4v) is 1.62. The van der Waals surface area contributed by atoms with Gasteiger partial charge in [0.2, 0.25) is 0 Å². The minimum atomic E-state index is 0. The number of nitrogens with one attached hydrogen (secondary N) is 1. The maximum Gasteiger partial charge on any atom is 0.00670 e. The molecule has 1 atom stereocenters. The summed E-state index contributed by atoms with van der Waals surface area (Å²) in [5.74, 6) is 0. The molecule has 0 amide bonds. The number of hydrogen-bond acceptors (Lipinski definition) is 1. The van der Waals surface area contributed by atoms with E-state index >= 15 is 0 Å². The molecule has 2 heteroatoms. The first kappa shape index (κ1) is 11.2. The molecular weight excluding hydrogens is 158 g/mol. The van der Waals surface area contributed by atoms with Gasteiger partial charge in [-0.15, -0.1) is 12.4 Å². The van der Waals surface area contributed by atoms with Crippen LogP contribution in [-0.2, 0) is 0 Å². The van der Waals surface area contributed by atoms with Crippen molar-refractivity contribution < 1.29 is 0 Å². The predicted octanol–water partition coefficient (Wildman–Crippen LogP) is 2.74. The van der Waals surface area contributed by atoms with E-state index in [1.807, 2.05) is 0 Å². The third-order valence-corrected chi connectivity index (χ3v) is 2.32. The number of unbranched alkanes of at least 4 members (excludes halogenated alkanes) is 1. The fraction of sp³-hybridized carbons (Fsp3) is 1.00. The molecule has 0 bridgehead atoms. The first-order chi connectivity index (χ1) is 4.93. The second-order valence-corrected chi connectivity index (χ2v) is 3.29. The van der Waals surface area contributed by atoms with Gasteiger partial charge in [0.15, 0.2) is 0 Å². The van der Waals surface area contributed by atoms with Gasteiger partial charge in [-0.3, -0.25) is 0 Å². The number of rotatable bonds is 3. The summed E-state index contributed by atoms with van der Waals surface area (Å²) in [7, 11) is 0. The van der Waals surface area contributed by atoms with Gasteiger partial charge >= 0.3 is 0 Å². The van der Waals surface area contributed by atoms with Crippen molar-refractivity contribution in [3.63, 3.8) is 0 Å². The largest absolute Gasteiger partial charge is 0.314 e. The smallest absolute Gasteiger partial charge is 0.00670 e. The molecule has 0 radical (unpaired) electrons. The van der Waals surface area contributed by atoms with Crippen LogP contribution >= 0.6 is 12.4 Å². The molecule has 1 saturated heterocycles. The molecule has 0 saturated carbocycles. The summed E-state index contributed by atoms with van der Waals surface area (Å²) in [6.07, 6.45) is 8.40. The molecule has 1 rings (SSSR count). The van der Waals surface area contributed by atoms with Crippen LogP contribution in [0, 0.1) is 0 Å². The maximum atomic E-state index is 3.55. The fourth-order valence-electron chi connectivity index (χ4n) is 1.62. The van der Waals surface area contributed by atoms with Crippen LogP contribution in [-0.4, -0.2) is 12.6 Å². The molecule has 68 valence electrons. The zero-order valence-electron chi connectivity index (χ0n) is 7.44. The van der Waals surface area contributed by atoms with Gasteiger partial charge in [-0.2, -0.15) is 0 Å². The molecule has 0 spiro atoms. The Morgan fingerprint density at radius 1 is 1.36 bits per heavy atom. The maximum absolute atomic E-state index is 3.55. The Balaban J connectivity index is 0.000001000. The lowest BCUT2D eigenvalue weighted by atomic mass is 10.0. The third kappa shape index (κ3) is 4.65. The lowest BCUT2D eigenvalue weighted by Crippen LogP contribution is -2.33. The van der Waals surface area contributed by atoms with E-state index in [1.54, 1.807) is 0 Å². The molecule has 0 aliphatic carbocycles. The van der Waals surface area contributed by atoms with Gasteiger partial charge < -0.3 is 5.32 Å². The van der Waals surface area contributed by atoms with Gasteiger partial charge in [-0.05, 0) is 25.8 Å². The van der Waals surface area contributed by atoms with Crippen LogP contribution in [0.25, 0.3) is 0 Å². The highest BCUT2D eigenvalue weighted by Gasteiger charge is 2.10. The highest BCUT2D eigenvalue weighted by Crippen LogP contribution is 2.12. The van der Waals surface area contributed by atoms with E-state index in [4.69, 9.17) is 0 Å². The van der Waals surface area contributed by atoms with Crippen LogP contribution < -0.4 is 5.32 Å². The molecule has 1 fully saturated rings. The van der Waals surface area contributed by atoms with E-state index < -0.39 is 0 Å². The summed E-state index contributed by atoms with van der Waals surface area (Å²) in [6, 6.07) is 0.855. The summed E-state index contributed by atoms with van der Waals surface area (Å²) in [4.78, 5) is 0. The van der Waals surface area contributed by atoms with Crippen LogP contribution in [0.4, 0.5) is 0 Å². The molecule has 0 unspecified atom stereocenters. The van der Waals surface area contributed by atoms with Crippen LogP contribution in [0.2, 0.25) is 0 Å². The van der Waals surface area contributed by atoms with E-state index in [2.05, 4.69) is 12.2 Å². The lowest BCUT2D eigenvalue weighted by molar-refractivity contribution is 0.374. The Kier molecular flexibility index (Phi) is 7.09. The Hall–Kier alpha value is 0.250. The summed E-state index contributed by atoms with van der Waals surface area (Å²) in [5.41, 5.74) is 0. The van der Waals surface area contributed by atoms with Gasteiger partial charge in [0.25, 0.3) is 0 Å². The van der Waals surface area contributed by atoms with Gasteiger partial charge in [-0.1, -0.05) is 26.2 Å². The number of hydrogen-bond donors (Lipinski definition) is 1. The van der Waals surface area contributed by atoms with E-state index in [-0.39, 0.29) is 12.4 Å². The topological polar surface area (TPSA) is 12.0 Å². The second kappa shape index (κ2) is 6.93. The van der Waals surface area contributed by atoms with Crippen molar-refractivity contribution in [1.29, 1.82) is 0 Å². The normalized spacial score (nSPS) is 24.3. The molecule has 1 heterocycles. The Labute approximate surface area is 76.4 Å². The van der Waals surface area contributed by atoms with Crippen molar-refractivity contribution in [2.75, 3.05) is 6.54 Å².